The number of rotatable bonds is 7. The molecule has 3 aromatic rings. The Morgan fingerprint density at radius 3 is 2.32 bits per heavy atom. The molecular formula is C23H22Cl2N2O3S. The standard InChI is InChI=1S/C23H22Cl2N2O3S/c1-15-8-10-19(12-16(15)2)26-23(28)21(13-17-6-4-3-5-7-17)27-31(29,30)22-14-18(24)9-11-20(22)25/h3-12,14,21,27H,13H2,1-2H3,(H,26,28)/t21-/m1/s1. The molecule has 0 aliphatic heterocycles. The van der Waals surface area contributed by atoms with Gasteiger partial charge in [-0.2, -0.15) is 4.72 Å². The lowest BCUT2D eigenvalue weighted by Gasteiger charge is -2.20. The summed E-state index contributed by atoms with van der Waals surface area (Å²) in [6.07, 6.45) is 0.162. The lowest BCUT2D eigenvalue weighted by Crippen LogP contribution is -2.45. The summed E-state index contributed by atoms with van der Waals surface area (Å²) >= 11 is 12.0. The van der Waals surface area contributed by atoms with Crippen molar-refractivity contribution in [1.82, 2.24) is 4.72 Å². The second kappa shape index (κ2) is 9.83. The number of nitrogens with one attached hydrogen (secondary N) is 2. The Labute approximate surface area is 192 Å². The van der Waals surface area contributed by atoms with Crippen LogP contribution >= 0.6 is 23.2 Å². The number of carbonyl (C=O) groups excluding carboxylic acids is 1. The number of sulfonamides is 1. The molecule has 31 heavy (non-hydrogen) atoms. The van der Waals surface area contributed by atoms with Crippen molar-refractivity contribution in [2.75, 3.05) is 5.32 Å². The van der Waals surface area contributed by atoms with Crippen molar-refractivity contribution >= 4 is 44.8 Å². The highest BCUT2D eigenvalue weighted by Crippen LogP contribution is 2.25. The highest BCUT2D eigenvalue weighted by molar-refractivity contribution is 7.89. The average Bonchev–Trinajstić information content (AvgIpc) is 2.72. The quantitative estimate of drug-likeness (QED) is 0.495. The predicted molar refractivity (Wildman–Crippen MR) is 125 cm³/mol. The molecule has 0 unspecified atom stereocenters. The Kier molecular flexibility index (Phi) is 7.38. The molecular weight excluding hydrogens is 455 g/mol. The minimum absolute atomic E-state index is 0.0185. The van der Waals surface area contributed by atoms with Gasteiger partial charge in [0.2, 0.25) is 15.9 Å². The molecule has 0 heterocycles. The summed E-state index contributed by atoms with van der Waals surface area (Å²) in [5.74, 6) is -0.478. The summed E-state index contributed by atoms with van der Waals surface area (Å²) in [6, 6.07) is 17.8. The lowest BCUT2D eigenvalue weighted by molar-refractivity contribution is -0.117. The summed E-state index contributed by atoms with van der Waals surface area (Å²) in [4.78, 5) is 12.9. The second-order valence-electron chi connectivity index (χ2n) is 7.23. The van der Waals surface area contributed by atoms with Gasteiger partial charge in [0.25, 0.3) is 0 Å². The first-order chi connectivity index (χ1) is 14.7. The van der Waals surface area contributed by atoms with Crippen molar-refractivity contribution < 1.29 is 13.2 Å². The molecule has 1 amide bonds. The van der Waals surface area contributed by atoms with E-state index in [1.807, 2.05) is 56.3 Å². The molecule has 0 aromatic heterocycles. The molecule has 0 spiro atoms. The van der Waals surface area contributed by atoms with Gasteiger partial charge in [-0.3, -0.25) is 4.79 Å². The smallest absolute Gasteiger partial charge is 0.242 e. The number of amides is 1. The van der Waals surface area contributed by atoms with Crippen molar-refractivity contribution in [2.45, 2.75) is 31.2 Å². The Morgan fingerprint density at radius 2 is 1.65 bits per heavy atom. The lowest BCUT2D eigenvalue weighted by atomic mass is 10.1. The summed E-state index contributed by atoms with van der Waals surface area (Å²) in [6.45, 7) is 3.91. The van der Waals surface area contributed by atoms with E-state index in [4.69, 9.17) is 23.2 Å². The van der Waals surface area contributed by atoms with E-state index >= 15 is 0 Å². The Bertz CT molecular complexity index is 1200. The van der Waals surface area contributed by atoms with Crippen molar-refractivity contribution in [1.29, 1.82) is 0 Å². The van der Waals surface area contributed by atoms with Crippen molar-refractivity contribution in [3.63, 3.8) is 0 Å². The normalized spacial score (nSPS) is 12.4. The van der Waals surface area contributed by atoms with Gasteiger partial charge in [-0.15, -0.1) is 0 Å². The van der Waals surface area contributed by atoms with E-state index in [-0.39, 0.29) is 21.4 Å². The topological polar surface area (TPSA) is 75.3 Å². The zero-order valence-electron chi connectivity index (χ0n) is 17.0. The van der Waals surface area contributed by atoms with Crippen molar-refractivity contribution in [3.8, 4) is 0 Å². The van der Waals surface area contributed by atoms with E-state index in [0.717, 1.165) is 16.7 Å². The van der Waals surface area contributed by atoms with Crippen LogP contribution in [0.3, 0.4) is 0 Å². The van der Waals surface area contributed by atoms with Crippen LogP contribution in [-0.2, 0) is 21.2 Å². The molecule has 0 saturated heterocycles. The largest absolute Gasteiger partial charge is 0.325 e. The van der Waals surface area contributed by atoms with E-state index < -0.39 is 22.0 Å². The fourth-order valence-corrected chi connectivity index (χ4v) is 4.98. The zero-order chi connectivity index (χ0) is 22.6. The van der Waals surface area contributed by atoms with Crippen LogP contribution in [0.5, 0.6) is 0 Å². The van der Waals surface area contributed by atoms with Gasteiger partial charge in [0.05, 0.1) is 5.02 Å². The highest BCUT2D eigenvalue weighted by atomic mass is 35.5. The van der Waals surface area contributed by atoms with Crippen LogP contribution in [0.2, 0.25) is 10.0 Å². The fourth-order valence-electron chi connectivity index (χ4n) is 3.02. The molecule has 3 rings (SSSR count). The van der Waals surface area contributed by atoms with E-state index in [0.29, 0.717) is 5.69 Å². The number of aryl methyl sites for hydroxylation is 2. The van der Waals surface area contributed by atoms with Gasteiger partial charge >= 0.3 is 0 Å². The van der Waals surface area contributed by atoms with Gasteiger partial charge in [0.1, 0.15) is 10.9 Å². The highest BCUT2D eigenvalue weighted by Gasteiger charge is 2.28. The minimum atomic E-state index is -4.11. The van der Waals surface area contributed by atoms with Gasteiger partial charge in [-0.25, -0.2) is 8.42 Å². The maximum atomic E-state index is 13.1. The van der Waals surface area contributed by atoms with Crippen LogP contribution in [0.4, 0.5) is 5.69 Å². The third-order valence-corrected chi connectivity index (χ3v) is 7.04. The number of hydrogen-bond acceptors (Lipinski definition) is 3. The van der Waals surface area contributed by atoms with Crippen LogP contribution in [0, 0.1) is 13.8 Å². The molecule has 0 aliphatic rings. The third-order valence-electron chi connectivity index (χ3n) is 4.85. The molecule has 0 radical (unpaired) electrons. The molecule has 0 bridgehead atoms. The molecule has 0 saturated carbocycles. The number of hydrogen-bond donors (Lipinski definition) is 2. The number of halogens is 2. The SMILES string of the molecule is Cc1ccc(NC(=O)[C@@H](Cc2ccccc2)NS(=O)(=O)c2cc(Cl)ccc2Cl)cc1C. The monoisotopic (exact) mass is 476 g/mol. The van der Waals surface area contributed by atoms with Crippen molar-refractivity contribution in [3.05, 3.63) is 93.5 Å². The Balaban J connectivity index is 1.91. The summed E-state index contributed by atoms with van der Waals surface area (Å²) < 4.78 is 28.5. The Hall–Kier alpha value is -2.38. The number of benzene rings is 3. The average molecular weight is 477 g/mol. The second-order valence-corrected chi connectivity index (χ2v) is 9.75. The fraction of sp³-hybridized carbons (Fsp3) is 0.174. The van der Waals surface area contributed by atoms with Crippen LogP contribution in [0.25, 0.3) is 0 Å². The van der Waals surface area contributed by atoms with Crippen LogP contribution in [0.15, 0.2) is 71.6 Å². The maximum absolute atomic E-state index is 13.1. The molecule has 2 N–H and O–H groups in total. The van der Waals surface area contributed by atoms with Crippen LogP contribution < -0.4 is 10.0 Å². The van der Waals surface area contributed by atoms with Gasteiger partial charge in [0, 0.05) is 10.7 Å². The predicted octanol–water partition coefficient (Wildman–Crippen LogP) is 5.14. The van der Waals surface area contributed by atoms with Crippen LogP contribution in [-0.4, -0.2) is 20.4 Å². The van der Waals surface area contributed by atoms with Crippen molar-refractivity contribution in [2.24, 2.45) is 0 Å². The first kappa shape index (κ1) is 23.3. The molecule has 8 heteroatoms. The van der Waals surface area contributed by atoms with E-state index in [1.54, 1.807) is 6.07 Å². The minimum Gasteiger partial charge on any atom is -0.325 e. The van der Waals surface area contributed by atoms with E-state index in [2.05, 4.69) is 10.0 Å². The molecule has 1 atom stereocenters. The zero-order valence-corrected chi connectivity index (χ0v) is 19.4. The maximum Gasteiger partial charge on any atom is 0.242 e. The number of carbonyl (C=O) groups is 1. The molecule has 5 nitrogen and oxygen atoms in total. The Morgan fingerprint density at radius 1 is 0.935 bits per heavy atom. The van der Waals surface area contributed by atoms with Gasteiger partial charge in [-0.05, 0) is 67.3 Å². The van der Waals surface area contributed by atoms with Gasteiger partial charge in [-0.1, -0.05) is 59.6 Å². The first-order valence-electron chi connectivity index (χ1n) is 9.55. The summed E-state index contributed by atoms with van der Waals surface area (Å²) in [5.41, 5.74) is 3.51. The molecule has 0 fully saturated rings. The van der Waals surface area contributed by atoms with Gasteiger partial charge < -0.3 is 5.32 Å². The molecule has 0 aliphatic carbocycles. The van der Waals surface area contributed by atoms with Crippen LogP contribution in [0.1, 0.15) is 16.7 Å². The van der Waals surface area contributed by atoms with E-state index in [9.17, 15) is 13.2 Å². The number of anilines is 1. The third kappa shape index (κ3) is 6.08. The van der Waals surface area contributed by atoms with E-state index in [1.165, 1.54) is 18.2 Å². The summed E-state index contributed by atoms with van der Waals surface area (Å²) in [5, 5.41) is 3.05. The van der Waals surface area contributed by atoms with Gasteiger partial charge in [0.15, 0.2) is 0 Å². The summed E-state index contributed by atoms with van der Waals surface area (Å²) in [7, 11) is -4.11. The first-order valence-corrected chi connectivity index (χ1v) is 11.8. The molecule has 3 aromatic carbocycles. The molecule has 162 valence electrons.